The number of ether oxygens (including phenoxy) is 1. The first-order chi connectivity index (χ1) is 8.65. The molecule has 0 saturated carbocycles. The second kappa shape index (κ2) is 9.96. The number of carbonyl (C=O) groups excluding carboxylic acids is 2. The molecular weight excluding hydrogens is 312 g/mol. The fourth-order valence-corrected chi connectivity index (χ4v) is 2.53. The molecule has 0 radical (unpaired) electrons. The monoisotopic (exact) mass is 326 g/mol. The van der Waals surface area contributed by atoms with E-state index in [2.05, 4.69) is 20.8 Å². The lowest BCUT2D eigenvalue weighted by molar-refractivity contribution is -0.139. The number of rotatable bonds is 7. The van der Waals surface area contributed by atoms with Crippen LogP contribution in [-0.4, -0.2) is 48.0 Å². The van der Waals surface area contributed by atoms with Crippen LogP contribution in [0.5, 0.6) is 0 Å². The van der Waals surface area contributed by atoms with Crippen LogP contribution in [0.25, 0.3) is 0 Å². The number of amides is 1. The standard InChI is InChI=1S/C9H14N4O3S2.ClH/c1-3-16-7(15)5-17-9-13-12-8(18-9)11-6(14)4-10-2;/h10H,3-5H2,1-2H3,(H,11,12,14);1H. The zero-order valence-corrected chi connectivity index (χ0v) is 12.9. The van der Waals surface area contributed by atoms with Gasteiger partial charge in [-0.2, -0.15) is 0 Å². The van der Waals surface area contributed by atoms with E-state index in [1.165, 1.54) is 23.1 Å². The Balaban J connectivity index is 0.00000324. The van der Waals surface area contributed by atoms with Gasteiger partial charge in [-0.15, -0.1) is 22.6 Å². The maximum absolute atomic E-state index is 11.3. The van der Waals surface area contributed by atoms with Gasteiger partial charge in [-0.3, -0.25) is 14.9 Å². The summed E-state index contributed by atoms with van der Waals surface area (Å²) >= 11 is 2.45. The molecule has 0 aliphatic rings. The first-order valence-corrected chi connectivity index (χ1v) is 7.02. The van der Waals surface area contributed by atoms with Crippen LogP contribution < -0.4 is 10.6 Å². The number of thioether (sulfide) groups is 1. The highest BCUT2D eigenvalue weighted by molar-refractivity contribution is 8.01. The SMILES string of the molecule is CCOC(=O)CSc1nnc(NC(=O)CNC)s1.Cl. The summed E-state index contributed by atoms with van der Waals surface area (Å²) in [4.78, 5) is 22.4. The summed E-state index contributed by atoms with van der Waals surface area (Å²) in [6, 6.07) is 0. The van der Waals surface area contributed by atoms with Gasteiger partial charge in [0.1, 0.15) is 0 Å². The maximum atomic E-state index is 11.3. The summed E-state index contributed by atoms with van der Waals surface area (Å²) in [5.41, 5.74) is 0. The molecule has 0 bridgehead atoms. The van der Waals surface area contributed by atoms with Crippen LogP contribution in [0.4, 0.5) is 5.13 Å². The first-order valence-electron chi connectivity index (χ1n) is 5.22. The van der Waals surface area contributed by atoms with E-state index in [9.17, 15) is 9.59 Å². The normalized spacial score (nSPS) is 9.58. The van der Waals surface area contributed by atoms with E-state index in [1.807, 2.05) is 0 Å². The number of nitrogens with one attached hydrogen (secondary N) is 2. The fraction of sp³-hybridized carbons (Fsp3) is 0.556. The number of halogens is 1. The molecule has 10 heteroatoms. The minimum absolute atomic E-state index is 0. The van der Waals surface area contributed by atoms with E-state index >= 15 is 0 Å². The summed E-state index contributed by atoms with van der Waals surface area (Å²) in [7, 11) is 1.68. The predicted octanol–water partition coefficient (Wildman–Crippen LogP) is 0.773. The largest absolute Gasteiger partial charge is 0.465 e. The van der Waals surface area contributed by atoms with Gasteiger partial charge in [0.15, 0.2) is 4.34 Å². The van der Waals surface area contributed by atoms with Gasteiger partial charge in [0, 0.05) is 0 Å². The van der Waals surface area contributed by atoms with Gasteiger partial charge in [0.2, 0.25) is 11.0 Å². The van der Waals surface area contributed by atoms with E-state index in [0.29, 0.717) is 16.1 Å². The molecule has 0 aliphatic carbocycles. The van der Waals surface area contributed by atoms with Gasteiger partial charge < -0.3 is 10.1 Å². The second-order valence-corrected chi connectivity index (χ2v) is 5.25. The highest BCUT2D eigenvalue weighted by Crippen LogP contribution is 2.25. The minimum atomic E-state index is -0.293. The average molecular weight is 327 g/mol. The molecule has 19 heavy (non-hydrogen) atoms. The molecule has 2 N–H and O–H groups in total. The lowest BCUT2D eigenvalue weighted by Gasteiger charge is -1.98. The smallest absolute Gasteiger partial charge is 0.316 e. The van der Waals surface area contributed by atoms with Gasteiger partial charge in [0.05, 0.1) is 18.9 Å². The molecule has 1 heterocycles. The van der Waals surface area contributed by atoms with Gasteiger partial charge >= 0.3 is 5.97 Å². The summed E-state index contributed by atoms with van der Waals surface area (Å²) in [5.74, 6) is -0.290. The van der Waals surface area contributed by atoms with Crippen LogP contribution in [0.2, 0.25) is 0 Å². The van der Waals surface area contributed by atoms with Gasteiger partial charge in [0.25, 0.3) is 0 Å². The number of nitrogens with zero attached hydrogens (tertiary/aromatic N) is 2. The number of anilines is 1. The summed E-state index contributed by atoms with van der Waals surface area (Å²) in [6.45, 7) is 2.33. The Morgan fingerprint density at radius 2 is 2.16 bits per heavy atom. The molecule has 1 amide bonds. The fourth-order valence-electron chi connectivity index (χ4n) is 0.966. The lowest BCUT2D eigenvalue weighted by atomic mass is 10.6. The van der Waals surface area contributed by atoms with Crippen LogP contribution in [0.3, 0.4) is 0 Å². The number of hydrogen-bond donors (Lipinski definition) is 2. The Kier molecular flexibility index (Phi) is 9.48. The predicted molar refractivity (Wildman–Crippen MR) is 77.1 cm³/mol. The molecule has 1 aromatic rings. The molecule has 0 aliphatic heterocycles. The van der Waals surface area contributed by atoms with Crippen molar-refractivity contribution >= 4 is 52.5 Å². The van der Waals surface area contributed by atoms with Crippen molar-refractivity contribution in [1.29, 1.82) is 0 Å². The number of hydrogen-bond acceptors (Lipinski definition) is 8. The van der Waals surface area contributed by atoms with E-state index in [0.717, 1.165) is 0 Å². The molecule has 0 spiro atoms. The van der Waals surface area contributed by atoms with Crippen molar-refractivity contribution in [3.05, 3.63) is 0 Å². The summed E-state index contributed by atoms with van der Waals surface area (Å²) in [5, 5.41) is 13.4. The van der Waals surface area contributed by atoms with Gasteiger partial charge in [-0.1, -0.05) is 23.1 Å². The van der Waals surface area contributed by atoms with Crippen LogP contribution >= 0.6 is 35.5 Å². The Hall–Kier alpha value is -0.900. The Morgan fingerprint density at radius 3 is 2.79 bits per heavy atom. The number of esters is 1. The number of carbonyl (C=O) groups is 2. The molecule has 1 aromatic heterocycles. The molecule has 0 aromatic carbocycles. The average Bonchev–Trinajstić information content (AvgIpc) is 2.75. The molecule has 108 valence electrons. The third-order valence-corrected chi connectivity index (χ3v) is 3.55. The Labute approximate surface area is 125 Å². The highest BCUT2D eigenvalue weighted by atomic mass is 35.5. The lowest BCUT2D eigenvalue weighted by Crippen LogP contribution is -2.24. The summed E-state index contributed by atoms with van der Waals surface area (Å²) in [6.07, 6.45) is 0. The van der Waals surface area contributed by atoms with Crippen LogP contribution in [0.15, 0.2) is 4.34 Å². The third kappa shape index (κ3) is 7.31. The Morgan fingerprint density at radius 1 is 1.42 bits per heavy atom. The molecular formula is C9H15ClN4O3S2. The van der Waals surface area contributed by atoms with Crippen molar-refractivity contribution in [2.75, 3.05) is 31.3 Å². The van der Waals surface area contributed by atoms with Crippen molar-refractivity contribution in [2.45, 2.75) is 11.3 Å². The second-order valence-electron chi connectivity index (χ2n) is 3.05. The summed E-state index contributed by atoms with van der Waals surface area (Å²) < 4.78 is 5.40. The minimum Gasteiger partial charge on any atom is -0.465 e. The number of likely N-dealkylation sites (N-methyl/N-ethyl adjacent to an activating group) is 1. The molecule has 0 saturated heterocycles. The van der Waals surface area contributed by atoms with Crippen molar-refractivity contribution in [3.8, 4) is 0 Å². The van der Waals surface area contributed by atoms with E-state index in [-0.39, 0.29) is 36.6 Å². The van der Waals surface area contributed by atoms with Crippen LogP contribution in [-0.2, 0) is 14.3 Å². The molecule has 0 fully saturated rings. The Bertz CT molecular complexity index is 416. The molecule has 7 nitrogen and oxygen atoms in total. The van der Waals surface area contributed by atoms with Crippen molar-refractivity contribution in [2.24, 2.45) is 0 Å². The van der Waals surface area contributed by atoms with Crippen LogP contribution in [0.1, 0.15) is 6.92 Å². The van der Waals surface area contributed by atoms with Crippen molar-refractivity contribution in [3.63, 3.8) is 0 Å². The topological polar surface area (TPSA) is 93.2 Å². The van der Waals surface area contributed by atoms with Gasteiger partial charge in [-0.05, 0) is 14.0 Å². The van der Waals surface area contributed by atoms with Crippen molar-refractivity contribution < 1.29 is 14.3 Å². The van der Waals surface area contributed by atoms with E-state index in [1.54, 1.807) is 14.0 Å². The first kappa shape index (κ1) is 18.1. The van der Waals surface area contributed by atoms with Crippen LogP contribution in [0, 0.1) is 0 Å². The number of aromatic nitrogens is 2. The van der Waals surface area contributed by atoms with E-state index in [4.69, 9.17) is 4.74 Å². The highest BCUT2D eigenvalue weighted by Gasteiger charge is 2.10. The third-order valence-electron chi connectivity index (χ3n) is 1.61. The van der Waals surface area contributed by atoms with E-state index < -0.39 is 0 Å². The molecule has 0 unspecified atom stereocenters. The van der Waals surface area contributed by atoms with Gasteiger partial charge in [-0.25, -0.2) is 0 Å². The van der Waals surface area contributed by atoms with Crippen molar-refractivity contribution in [1.82, 2.24) is 15.5 Å². The maximum Gasteiger partial charge on any atom is 0.316 e. The quantitative estimate of drug-likeness (QED) is 0.434. The zero-order chi connectivity index (χ0) is 13.4. The zero-order valence-electron chi connectivity index (χ0n) is 10.5. The molecule has 0 atom stereocenters. The molecule has 1 rings (SSSR count).